The second kappa shape index (κ2) is 5.17. The molecule has 17 heavy (non-hydrogen) atoms. The van der Waals surface area contributed by atoms with Crippen molar-refractivity contribution in [1.29, 1.82) is 0 Å². The molecule has 0 aliphatic heterocycles. The summed E-state index contributed by atoms with van der Waals surface area (Å²) in [5.74, 6) is -0.327. The standard InChI is InChI=1S/C13H19NO3/c1-5-17-12(16)8-14-7-10(13(2,3)4)6-11(14)9-15/h6-7,9H,5,8H2,1-4H3. The van der Waals surface area contributed by atoms with Crippen molar-refractivity contribution in [2.45, 2.75) is 39.7 Å². The van der Waals surface area contributed by atoms with Gasteiger partial charge in [0.1, 0.15) is 6.54 Å². The fourth-order valence-electron chi connectivity index (χ4n) is 1.52. The largest absolute Gasteiger partial charge is 0.465 e. The number of carbonyl (C=O) groups is 2. The lowest BCUT2D eigenvalue weighted by atomic mass is 9.89. The maximum Gasteiger partial charge on any atom is 0.325 e. The van der Waals surface area contributed by atoms with Crippen molar-refractivity contribution in [3.8, 4) is 0 Å². The molecular weight excluding hydrogens is 218 g/mol. The molecule has 1 aromatic rings. The molecule has 0 unspecified atom stereocenters. The van der Waals surface area contributed by atoms with E-state index in [1.54, 1.807) is 11.5 Å². The highest BCUT2D eigenvalue weighted by atomic mass is 16.5. The van der Waals surface area contributed by atoms with E-state index in [-0.39, 0.29) is 17.9 Å². The maximum absolute atomic E-state index is 11.4. The van der Waals surface area contributed by atoms with Crippen molar-refractivity contribution in [2.24, 2.45) is 0 Å². The third-order valence-corrected chi connectivity index (χ3v) is 2.52. The Kier molecular flexibility index (Phi) is 4.10. The Labute approximate surface area is 102 Å². The van der Waals surface area contributed by atoms with E-state index in [0.29, 0.717) is 12.3 Å². The van der Waals surface area contributed by atoms with Gasteiger partial charge in [-0.25, -0.2) is 0 Å². The predicted molar refractivity (Wildman–Crippen MR) is 65.2 cm³/mol. The van der Waals surface area contributed by atoms with Crippen LogP contribution in [-0.2, 0) is 21.5 Å². The summed E-state index contributed by atoms with van der Waals surface area (Å²) in [5.41, 5.74) is 1.49. The highest BCUT2D eigenvalue weighted by Crippen LogP contribution is 2.23. The van der Waals surface area contributed by atoms with Crippen molar-refractivity contribution < 1.29 is 14.3 Å². The second-order valence-electron chi connectivity index (χ2n) is 4.95. The Morgan fingerprint density at radius 1 is 1.47 bits per heavy atom. The van der Waals surface area contributed by atoms with Crippen molar-refractivity contribution >= 4 is 12.3 Å². The first-order valence-electron chi connectivity index (χ1n) is 5.70. The van der Waals surface area contributed by atoms with E-state index in [0.717, 1.165) is 11.8 Å². The van der Waals surface area contributed by atoms with Gasteiger partial charge in [-0.15, -0.1) is 0 Å². The van der Waals surface area contributed by atoms with Gasteiger partial charge in [0.15, 0.2) is 6.29 Å². The Morgan fingerprint density at radius 2 is 2.12 bits per heavy atom. The molecule has 0 amide bonds. The van der Waals surface area contributed by atoms with E-state index in [2.05, 4.69) is 20.8 Å². The van der Waals surface area contributed by atoms with Gasteiger partial charge in [-0.05, 0) is 24.0 Å². The minimum absolute atomic E-state index is 0.0440. The molecule has 0 radical (unpaired) electrons. The highest BCUT2D eigenvalue weighted by molar-refractivity contribution is 5.76. The number of ether oxygens (including phenoxy) is 1. The molecule has 1 aromatic heterocycles. The number of rotatable bonds is 4. The first-order valence-corrected chi connectivity index (χ1v) is 5.70. The van der Waals surface area contributed by atoms with E-state index in [4.69, 9.17) is 4.74 Å². The first kappa shape index (κ1) is 13.5. The number of hydrogen-bond acceptors (Lipinski definition) is 3. The van der Waals surface area contributed by atoms with Crippen molar-refractivity contribution in [2.75, 3.05) is 6.61 Å². The Hall–Kier alpha value is -1.58. The number of nitrogens with zero attached hydrogens (tertiary/aromatic N) is 1. The second-order valence-corrected chi connectivity index (χ2v) is 4.95. The van der Waals surface area contributed by atoms with E-state index in [1.165, 1.54) is 0 Å². The van der Waals surface area contributed by atoms with Crippen LogP contribution in [0.15, 0.2) is 12.3 Å². The van der Waals surface area contributed by atoms with Crippen LogP contribution < -0.4 is 0 Å². The average Bonchev–Trinajstić information content (AvgIpc) is 2.60. The van der Waals surface area contributed by atoms with Gasteiger partial charge in [0.25, 0.3) is 0 Å². The summed E-state index contributed by atoms with van der Waals surface area (Å²) in [5, 5.41) is 0. The molecule has 4 heteroatoms. The molecule has 0 saturated carbocycles. The quantitative estimate of drug-likeness (QED) is 0.595. The van der Waals surface area contributed by atoms with Gasteiger partial charge in [0, 0.05) is 6.20 Å². The lowest BCUT2D eigenvalue weighted by Crippen LogP contribution is -2.15. The summed E-state index contributed by atoms with van der Waals surface area (Å²) in [4.78, 5) is 22.3. The minimum atomic E-state index is -0.327. The zero-order valence-corrected chi connectivity index (χ0v) is 10.8. The third kappa shape index (κ3) is 3.44. The molecule has 0 aromatic carbocycles. The Bertz CT molecular complexity index is 413. The highest BCUT2D eigenvalue weighted by Gasteiger charge is 2.18. The van der Waals surface area contributed by atoms with Crippen LogP contribution >= 0.6 is 0 Å². The van der Waals surface area contributed by atoms with Gasteiger partial charge in [-0.2, -0.15) is 0 Å². The van der Waals surface area contributed by atoms with Gasteiger partial charge in [-0.1, -0.05) is 20.8 Å². The van der Waals surface area contributed by atoms with Gasteiger partial charge >= 0.3 is 5.97 Å². The van der Waals surface area contributed by atoms with Crippen molar-refractivity contribution in [3.63, 3.8) is 0 Å². The van der Waals surface area contributed by atoms with E-state index in [9.17, 15) is 9.59 Å². The van der Waals surface area contributed by atoms with Crippen LogP contribution in [0.25, 0.3) is 0 Å². The Morgan fingerprint density at radius 3 is 2.59 bits per heavy atom. The lowest BCUT2D eigenvalue weighted by Gasteiger charge is -2.15. The summed E-state index contributed by atoms with van der Waals surface area (Å²) in [7, 11) is 0. The van der Waals surface area contributed by atoms with Crippen LogP contribution in [0.3, 0.4) is 0 Å². The maximum atomic E-state index is 11.4. The van der Waals surface area contributed by atoms with Gasteiger partial charge in [0.2, 0.25) is 0 Å². The SMILES string of the molecule is CCOC(=O)Cn1cc(C(C)(C)C)cc1C=O. The number of aldehydes is 1. The monoisotopic (exact) mass is 237 g/mol. The van der Waals surface area contributed by atoms with E-state index >= 15 is 0 Å². The van der Waals surface area contributed by atoms with Crippen LogP contribution in [0.1, 0.15) is 43.7 Å². The van der Waals surface area contributed by atoms with Crippen LogP contribution in [-0.4, -0.2) is 23.4 Å². The molecule has 1 heterocycles. The Balaban J connectivity index is 2.95. The topological polar surface area (TPSA) is 48.3 Å². The van der Waals surface area contributed by atoms with E-state index < -0.39 is 0 Å². The molecule has 0 aliphatic carbocycles. The minimum Gasteiger partial charge on any atom is -0.465 e. The number of carbonyl (C=O) groups excluding carboxylic acids is 2. The summed E-state index contributed by atoms with van der Waals surface area (Å²) in [6.07, 6.45) is 2.59. The molecule has 4 nitrogen and oxygen atoms in total. The summed E-state index contributed by atoms with van der Waals surface area (Å²) in [6.45, 7) is 8.37. The van der Waals surface area contributed by atoms with Gasteiger partial charge in [0.05, 0.1) is 12.3 Å². The molecule has 0 fully saturated rings. The van der Waals surface area contributed by atoms with Gasteiger partial charge in [-0.3, -0.25) is 9.59 Å². The molecule has 0 aliphatic rings. The predicted octanol–water partition coefficient (Wildman–Crippen LogP) is 2.16. The molecule has 0 bridgehead atoms. The van der Waals surface area contributed by atoms with Crippen LogP contribution in [0.5, 0.6) is 0 Å². The van der Waals surface area contributed by atoms with Crippen LogP contribution in [0.2, 0.25) is 0 Å². The fourth-order valence-corrected chi connectivity index (χ4v) is 1.52. The summed E-state index contributed by atoms with van der Waals surface area (Å²) < 4.78 is 6.50. The number of esters is 1. The number of hydrogen-bond donors (Lipinski definition) is 0. The fraction of sp³-hybridized carbons (Fsp3) is 0.538. The third-order valence-electron chi connectivity index (χ3n) is 2.52. The zero-order chi connectivity index (χ0) is 13.1. The molecule has 0 saturated heterocycles. The summed E-state index contributed by atoms with van der Waals surface area (Å²) >= 11 is 0. The first-order chi connectivity index (χ1) is 7.88. The summed E-state index contributed by atoms with van der Waals surface area (Å²) in [6, 6.07) is 1.81. The smallest absolute Gasteiger partial charge is 0.325 e. The molecule has 0 atom stereocenters. The van der Waals surface area contributed by atoms with Crippen LogP contribution in [0.4, 0.5) is 0 Å². The molecule has 0 spiro atoms. The molecule has 94 valence electrons. The number of aromatic nitrogens is 1. The van der Waals surface area contributed by atoms with Crippen molar-refractivity contribution in [3.05, 3.63) is 23.5 Å². The van der Waals surface area contributed by atoms with Crippen molar-refractivity contribution in [1.82, 2.24) is 4.57 Å². The van der Waals surface area contributed by atoms with Gasteiger partial charge < -0.3 is 9.30 Å². The molecule has 1 rings (SSSR count). The average molecular weight is 237 g/mol. The molecule has 0 N–H and O–H groups in total. The van der Waals surface area contributed by atoms with Crippen LogP contribution in [0, 0.1) is 0 Å². The van der Waals surface area contributed by atoms with E-state index in [1.807, 2.05) is 12.3 Å². The lowest BCUT2D eigenvalue weighted by molar-refractivity contribution is -0.143. The normalized spacial score (nSPS) is 11.3. The molecular formula is C13H19NO3. The zero-order valence-electron chi connectivity index (χ0n) is 10.8.